The number of rotatable bonds is 1. The summed E-state index contributed by atoms with van der Waals surface area (Å²) in [5.41, 5.74) is 4.03. The van der Waals surface area contributed by atoms with Crippen molar-refractivity contribution < 1.29 is 0 Å². The van der Waals surface area contributed by atoms with Crippen LogP contribution in [0.4, 0.5) is 11.4 Å². The average molecular weight is 351 g/mol. The summed E-state index contributed by atoms with van der Waals surface area (Å²) in [5.74, 6) is 0.400. The first kappa shape index (κ1) is 14.3. The van der Waals surface area contributed by atoms with Gasteiger partial charge < -0.3 is 4.90 Å². The van der Waals surface area contributed by atoms with Gasteiger partial charge in [0.2, 0.25) is 0 Å². The van der Waals surface area contributed by atoms with Gasteiger partial charge in [-0.1, -0.05) is 60.7 Å². The van der Waals surface area contributed by atoms with E-state index in [0.29, 0.717) is 12.0 Å². The summed E-state index contributed by atoms with van der Waals surface area (Å²) in [5, 5.41) is 2.80. The van der Waals surface area contributed by atoms with Gasteiger partial charge in [-0.15, -0.1) is 11.3 Å². The summed E-state index contributed by atoms with van der Waals surface area (Å²) >= 11 is 1.91. The minimum atomic E-state index is 0.343. The molecule has 1 aromatic heterocycles. The molecular formula is C24H17NS. The third kappa shape index (κ3) is 1.91. The number of benzene rings is 3. The quantitative estimate of drug-likeness (QED) is 0.477. The SMILES string of the molecule is C1=c2sc3ccccc3c2=CC2c3ccccc3N(c3ccccc3)C12. The fourth-order valence-electron chi connectivity index (χ4n) is 4.48. The van der Waals surface area contributed by atoms with Gasteiger partial charge in [-0.05, 0) is 46.5 Å². The Hall–Kier alpha value is -2.84. The van der Waals surface area contributed by atoms with Crippen LogP contribution in [0.25, 0.3) is 22.2 Å². The summed E-state index contributed by atoms with van der Waals surface area (Å²) in [6.07, 6.45) is 4.98. The molecule has 2 unspecified atom stereocenters. The number of para-hydroxylation sites is 2. The number of thiophene rings is 1. The molecule has 2 aliphatic rings. The maximum absolute atomic E-state index is 2.50. The lowest BCUT2D eigenvalue weighted by molar-refractivity contribution is 0.805. The van der Waals surface area contributed by atoms with Crippen LogP contribution in [0.2, 0.25) is 0 Å². The number of anilines is 2. The van der Waals surface area contributed by atoms with E-state index in [1.165, 1.54) is 36.8 Å². The van der Waals surface area contributed by atoms with E-state index in [1.54, 1.807) is 0 Å². The van der Waals surface area contributed by atoms with Crippen LogP contribution < -0.4 is 14.7 Å². The van der Waals surface area contributed by atoms with E-state index in [9.17, 15) is 0 Å². The van der Waals surface area contributed by atoms with Gasteiger partial charge in [0, 0.05) is 26.5 Å². The Balaban J connectivity index is 1.65. The summed E-state index contributed by atoms with van der Waals surface area (Å²) < 4.78 is 2.78. The minimum absolute atomic E-state index is 0.343. The molecule has 2 heterocycles. The van der Waals surface area contributed by atoms with E-state index in [4.69, 9.17) is 0 Å². The molecule has 26 heavy (non-hydrogen) atoms. The van der Waals surface area contributed by atoms with Gasteiger partial charge in [-0.25, -0.2) is 0 Å². The predicted molar refractivity (Wildman–Crippen MR) is 112 cm³/mol. The largest absolute Gasteiger partial charge is 0.333 e. The number of fused-ring (bicyclic) bond motifs is 6. The monoisotopic (exact) mass is 351 g/mol. The molecule has 0 radical (unpaired) electrons. The number of nitrogens with zero attached hydrogens (tertiary/aromatic N) is 1. The van der Waals surface area contributed by atoms with Crippen molar-refractivity contribution in [2.24, 2.45) is 0 Å². The average Bonchev–Trinajstić information content (AvgIpc) is 3.22. The van der Waals surface area contributed by atoms with Gasteiger partial charge in [-0.2, -0.15) is 0 Å². The van der Waals surface area contributed by atoms with Gasteiger partial charge in [0.15, 0.2) is 0 Å². The first-order valence-electron chi connectivity index (χ1n) is 9.05. The third-order valence-corrected chi connectivity index (χ3v) is 6.74. The maximum Gasteiger partial charge on any atom is 0.0643 e. The van der Waals surface area contributed by atoms with E-state index in [-0.39, 0.29) is 0 Å². The van der Waals surface area contributed by atoms with Gasteiger partial charge in [0.05, 0.1) is 6.04 Å². The van der Waals surface area contributed by atoms with Crippen molar-refractivity contribution in [3.63, 3.8) is 0 Å². The first-order chi connectivity index (χ1) is 12.9. The van der Waals surface area contributed by atoms with Crippen molar-refractivity contribution in [2.45, 2.75) is 12.0 Å². The molecule has 3 aromatic carbocycles. The van der Waals surface area contributed by atoms with E-state index < -0.39 is 0 Å². The molecule has 1 nitrogen and oxygen atoms in total. The van der Waals surface area contributed by atoms with Gasteiger partial charge >= 0.3 is 0 Å². The van der Waals surface area contributed by atoms with E-state index >= 15 is 0 Å². The van der Waals surface area contributed by atoms with Crippen molar-refractivity contribution in [3.05, 3.63) is 94.2 Å². The smallest absolute Gasteiger partial charge is 0.0643 e. The molecule has 0 N–H and O–H groups in total. The first-order valence-corrected chi connectivity index (χ1v) is 9.86. The van der Waals surface area contributed by atoms with E-state index in [1.807, 2.05) is 11.3 Å². The number of hydrogen-bond acceptors (Lipinski definition) is 2. The van der Waals surface area contributed by atoms with Crippen molar-refractivity contribution in [3.8, 4) is 0 Å². The lowest BCUT2D eigenvalue weighted by Gasteiger charge is -2.28. The zero-order valence-corrected chi connectivity index (χ0v) is 15.0. The van der Waals surface area contributed by atoms with Gasteiger partial charge in [-0.3, -0.25) is 0 Å². The highest BCUT2D eigenvalue weighted by atomic mass is 32.1. The second kappa shape index (κ2) is 5.33. The molecule has 0 fully saturated rings. The minimum Gasteiger partial charge on any atom is -0.333 e. The van der Waals surface area contributed by atoms with Crippen molar-refractivity contribution in [2.75, 3.05) is 4.90 Å². The highest BCUT2D eigenvalue weighted by molar-refractivity contribution is 7.17. The van der Waals surface area contributed by atoms with Crippen LogP contribution in [0.5, 0.6) is 0 Å². The maximum atomic E-state index is 2.50. The van der Waals surface area contributed by atoms with Crippen LogP contribution in [-0.4, -0.2) is 6.04 Å². The molecule has 1 aliphatic carbocycles. The summed E-state index contributed by atoms with van der Waals surface area (Å²) in [4.78, 5) is 2.50. The zero-order valence-electron chi connectivity index (χ0n) is 14.2. The molecule has 0 spiro atoms. The van der Waals surface area contributed by atoms with Crippen LogP contribution in [0.15, 0.2) is 78.9 Å². The summed E-state index contributed by atoms with van der Waals surface area (Å²) in [7, 11) is 0. The van der Waals surface area contributed by atoms with Crippen LogP contribution in [0.3, 0.4) is 0 Å². The fourth-order valence-corrected chi connectivity index (χ4v) is 5.64. The van der Waals surface area contributed by atoms with Crippen molar-refractivity contribution in [1.29, 1.82) is 0 Å². The molecule has 6 rings (SSSR count). The molecule has 4 aromatic rings. The highest BCUT2D eigenvalue weighted by Crippen LogP contribution is 2.47. The normalized spacial score (nSPS) is 20.1. The molecular weight excluding hydrogens is 334 g/mol. The highest BCUT2D eigenvalue weighted by Gasteiger charge is 2.37. The van der Waals surface area contributed by atoms with Gasteiger partial charge in [0.1, 0.15) is 0 Å². The van der Waals surface area contributed by atoms with Gasteiger partial charge in [0.25, 0.3) is 0 Å². The Morgan fingerprint density at radius 2 is 1.50 bits per heavy atom. The summed E-state index contributed by atoms with van der Waals surface area (Å²) in [6, 6.07) is 28.8. The molecule has 0 bridgehead atoms. The van der Waals surface area contributed by atoms with Crippen LogP contribution in [0.1, 0.15) is 11.5 Å². The topological polar surface area (TPSA) is 3.24 Å². The lowest BCUT2D eigenvalue weighted by atomic mass is 9.90. The van der Waals surface area contributed by atoms with Crippen LogP contribution in [0, 0.1) is 0 Å². The zero-order chi connectivity index (χ0) is 17.1. The van der Waals surface area contributed by atoms with E-state index in [0.717, 1.165) is 0 Å². The Morgan fingerprint density at radius 1 is 0.731 bits per heavy atom. The fraction of sp³-hybridized carbons (Fsp3) is 0.0833. The Kier molecular flexibility index (Phi) is 2.94. The van der Waals surface area contributed by atoms with E-state index in [2.05, 4.69) is 95.9 Å². The molecule has 2 atom stereocenters. The molecule has 1 aliphatic heterocycles. The molecule has 124 valence electrons. The van der Waals surface area contributed by atoms with Crippen molar-refractivity contribution >= 4 is 44.9 Å². The Bertz CT molecular complexity index is 1250. The lowest BCUT2D eigenvalue weighted by Crippen LogP contribution is -2.36. The molecule has 0 saturated carbocycles. The Labute approximate surface area is 156 Å². The number of hydrogen-bond donors (Lipinski definition) is 0. The molecule has 0 amide bonds. The second-order valence-corrected chi connectivity index (χ2v) is 8.07. The predicted octanol–water partition coefficient (Wildman–Crippen LogP) is 4.78. The molecule has 0 saturated heterocycles. The standard InChI is InChI=1S/C24H17NS/c1-2-8-16(9-3-1)25-21-12-6-4-10-17(21)19-14-20-18-11-5-7-13-23(18)26-24(20)15-22(19)25/h1-15,19,22H. The second-order valence-electron chi connectivity index (χ2n) is 6.99. The summed E-state index contributed by atoms with van der Waals surface area (Å²) in [6.45, 7) is 0. The Morgan fingerprint density at radius 3 is 2.42 bits per heavy atom. The molecule has 2 heteroatoms. The van der Waals surface area contributed by atoms with Crippen LogP contribution >= 0.6 is 11.3 Å². The third-order valence-electron chi connectivity index (χ3n) is 5.59. The van der Waals surface area contributed by atoms with Crippen molar-refractivity contribution in [1.82, 2.24) is 0 Å². The van der Waals surface area contributed by atoms with Crippen LogP contribution in [-0.2, 0) is 0 Å².